The zero-order valence-corrected chi connectivity index (χ0v) is 11.5. The van der Waals surface area contributed by atoms with E-state index in [2.05, 4.69) is 21.0 Å². The third kappa shape index (κ3) is 3.71. The third-order valence-corrected chi connectivity index (χ3v) is 3.17. The van der Waals surface area contributed by atoms with Crippen LogP contribution in [0.15, 0.2) is 12.4 Å². The van der Waals surface area contributed by atoms with E-state index in [4.69, 9.17) is 0 Å². The minimum Gasteiger partial charge on any atom is -0.479 e. The van der Waals surface area contributed by atoms with Crippen molar-refractivity contribution in [3.8, 4) is 0 Å². The van der Waals surface area contributed by atoms with E-state index >= 15 is 0 Å². The highest BCUT2D eigenvalue weighted by Gasteiger charge is 2.27. The highest BCUT2D eigenvalue weighted by atomic mass is 16.4. The van der Waals surface area contributed by atoms with Crippen LogP contribution in [0.1, 0.15) is 24.4 Å². The summed E-state index contributed by atoms with van der Waals surface area (Å²) in [4.78, 5) is 34.6. The molecule has 3 amide bonds. The average Bonchev–Trinajstić information content (AvgIpc) is 2.85. The molecule has 0 spiro atoms. The number of carbonyl (C=O) groups excluding carboxylic acids is 2. The summed E-state index contributed by atoms with van der Waals surface area (Å²) in [6.07, 6.45) is 4.17. The minimum absolute atomic E-state index is 0.260. The molecule has 2 atom stereocenters. The second-order valence-electron chi connectivity index (χ2n) is 4.82. The van der Waals surface area contributed by atoms with Gasteiger partial charge in [0.1, 0.15) is 6.04 Å². The second-order valence-corrected chi connectivity index (χ2v) is 4.82. The van der Waals surface area contributed by atoms with Gasteiger partial charge >= 0.3 is 12.0 Å². The second kappa shape index (κ2) is 6.25. The van der Waals surface area contributed by atoms with Gasteiger partial charge in [-0.05, 0) is 12.8 Å². The quantitative estimate of drug-likeness (QED) is 0.574. The number of hydrogen-bond donors (Lipinski definition) is 4. The van der Waals surface area contributed by atoms with Gasteiger partial charge in [0.15, 0.2) is 6.04 Å². The van der Waals surface area contributed by atoms with Crippen molar-refractivity contribution in [3.63, 3.8) is 0 Å². The molecule has 9 heteroatoms. The molecule has 1 aromatic rings. The molecule has 0 bridgehead atoms. The van der Waals surface area contributed by atoms with E-state index in [9.17, 15) is 19.5 Å². The van der Waals surface area contributed by atoms with E-state index in [0.717, 1.165) is 6.42 Å². The highest BCUT2D eigenvalue weighted by Crippen LogP contribution is 2.12. The molecule has 0 saturated carbocycles. The Balaban J connectivity index is 1.98. The predicted octanol–water partition coefficient (Wildman–Crippen LogP) is -0.876. The monoisotopic (exact) mass is 295 g/mol. The Labute approximate surface area is 120 Å². The fourth-order valence-electron chi connectivity index (χ4n) is 2.12. The Bertz CT molecular complexity index is 556. The number of piperidine rings is 1. The maximum Gasteiger partial charge on any atom is 0.331 e. The SMILES string of the molecule is Cn1cc(C(NC(=O)NC2CCCNC2=O)C(=O)O)cn1. The van der Waals surface area contributed by atoms with Crippen LogP contribution in [-0.2, 0) is 16.6 Å². The molecule has 114 valence electrons. The van der Waals surface area contributed by atoms with Gasteiger partial charge in [0, 0.05) is 25.4 Å². The summed E-state index contributed by atoms with van der Waals surface area (Å²) in [5.74, 6) is -1.46. The summed E-state index contributed by atoms with van der Waals surface area (Å²) in [6.45, 7) is 0.589. The number of aromatic nitrogens is 2. The van der Waals surface area contributed by atoms with Gasteiger partial charge in [0.05, 0.1) is 6.20 Å². The molecule has 0 aromatic carbocycles. The van der Waals surface area contributed by atoms with Gasteiger partial charge in [-0.3, -0.25) is 9.48 Å². The van der Waals surface area contributed by atoms with Crippen molar-refractivity contribution in [2.45, 2.75) is 24.9 Å². The normalized spacial score (nSPS) is 19.5. The van der Waals surface area contributed by atoms with Gasteiger partial charge in [-0.1, -0.05) is 0 Å². The number of carboxylic acids is 1. The number of hydrogen-bond acceptors (Lipinski definition) is 4. The Morgan fingerprint density at radius 2 is 2.33 bits per heavy atom. The summed E-state index contributed by atoms with van der Waals surface area (Å²) in [7, 11) is 1.65. The number of amides is 3. The molecule has 2 rings (SSSR count). The number of rotatable bonds is 4. The lowest BCUT2D eigenvalue weighted by Crippen LogP contribution is -2.53. The third-order valence-electron chi connectivity index (χ3n) is 3.17. The first-order valence-corrected chi connectivity index (χ1v) is 6.53. The number of carboxylic acid groups (broad SMARTS) is 1. The van der Waals surface area contributed by atoms with Gasteiger partial charge < -0.3 is 21.1 Å². The largest absolute Gasteiger partial charge is 0.479 e. The molecule has 0 aliphatic carbocycles. The van der Waals surface area contributed by atoms with Crippen molar-refractivity contribution in [1.29, 1.82) is 0 Å². The topological polar surface area (TPSA) is 125 Å². The molecule has 2 heterocycles. The number of nitrogens with one attached hydrogen (secondary N) is 3. The van der Waals surface area contributed by atoms with Crippen molar-refractivity contribution in [3.05, 3.63) is 18.0 Å². The molecule has 9 nitrogen and oxygen atoms in total. The van der Waals surface area contributed by atoms with Crippen LogP contribution in [0.2, 0.25) is 0 Å². The molecule has 0 radical (unpaired) electrons. The van der Waals surface area contributed by atoms with Crippen molar-refractivity contribution >= 4 is 17.9 Å². The molecule has 1 aromatic heterocycles. The maximum atomic E-state index is 11.9. The van der Waals surface area contributed by atoms with Crippen LogP contribution in [-0.4, -0.2) is 45.4 Å². The predicted molar refractivity (Wildman–Crippen MR) is 71.3 cm³/mol. The van der Waals surface area contributed by atoms with Crippen molar-refractivity contribution in [2.24, 2.45) is 7.05 Å². The lowest BCUT2D eigenvalue weighted by Gasteiger charge is -2.23. The summed E-state index contributed by atoms with van der Waals surface area (Å²) in [5.41, 5.74) is 0.355. The fourth-order valence-corrected chi connectivity index (χ4v) is 2.12. The zero-order chi connectivity index (χ0) is 15.4. The van der Waals surface area contributed by atoms with Crippen molar-refractivity contribution in [2.75, 3.05) is 6.54 Å². The molecule has 4 N–H and O–H groups in total. The smallest absolute Gasteiger partial charge is 0.331 e. The number of carbonyl (C=O) groups is 3. The number of urea groups is 1. The van der Waals surface area contributed by atoms with Crippen molar-refractivity contribution < 1.29 is 19.5 Å². The fraction of sp³-hybridized carbons (Fsp3) is 0.500. The van der Waals surface area contributed by atoms with E-state index in [1.807, 2.05) is 0 Å². The van der Waals surface area contributed by atoms with Gasteiger partial charge in [0.2, 0.25) is 5.91 Å². The highest BCUT2D eigenvalue weighted by molar-refractivity contribution is 5.89. The molecule has 1 aliphatic heterocycles. The van der Waals surface area contributed by atoms with Gasteiger partial charge in [-0.15, -0.1) is 0 Å². The van der Waals surface area contributed by atoms with Crippen LogP contribution in [0.5, 0.6) is 0 Å². The lowest BCUT2D eigenvalue weighted by molar-refractivity contribution is -0.139. The molecule has 2 unspecified atom stereocenters. The maximum absolute atomic E-state index is 11.9. The molecular formula is C12H17N5O4. The standard InChI is InChI=1S/C12H17N5O4/c1-17-6-7(5-14-17)9(11(19)20)16-12(21)15-8-3-2-4-13-10(8)18/h5-6,8-9H,2-4H2,1H3,(H,13,18)(H,19,20)(H2,15,16,21). The molecular weight excluding hydrogens is 278 g/mol. The van der Waals surface area contributed by atoms with Crippen LogP contribution < -0.4 is 16.0 Å². The van der Waals surface area contributed by atoms with Gasteiger partial charge in [0.25, 0.3) is 0 Å². The number of aliphatic carboxylic acids is 1. The van der Waals surface area contributed by atoms with Crippen LogP contribution in [0.25, 0.3) is 0 Å². The Kier molecular flexibility index (Phi) is 4.41. The first-order valence-electron chi connectivity index (χ1n) is 6.53. The molecule has 1 fully saturated rings. The average molecular weight is 295 g/mol. The Hall–Kier alpha value is -2.58. The molecule has 21 heavy (non-hydrogen) atoms. The van der Waals surface area contributed by atoms with E-state index in [-0.39, 0.29) is 5.91 Å². The summed E-state index contributed by atoms with van der Waals surface area (Å²) >= 11 is 0. The van der Waals surface area contributed by atoms with E-state index < -0.39 is 24.1 Å². The van der Waals surface area contributed by atoms with E-state index in [1.165, 1.54) is 17.1 Å². The number of aryl methyl sites for hydroxylation is 1. The minimum atomic E-state index is -1.22. The molecule has 1 aliphatic rings. The van der Waals surface area contributed by atoms with Crippen molar-refractivity contribution in [1.82, 2.24) is 25.7 Å². The zero-order valence-electron chi connectivity index (χ0n) is 11.5. The first kappa shape index (κ1) is 14.8. The van der Waals surface area contributed by atoms with E-state index in [0.29, 0.717) is 18.5 Å². The first-order chi connectivity index (χ1) is 9.97. The van der Waals surface area contributed by atoms with Crippen LogP contribution in [0.4, 0.5) is 4.79 Å². The van der Waals surface area contributed by atoms with Crippen LogP contribution in [0, 0.1) is 0 Å². The van der Waals surface area contributed by atoms with E-state index in [1.54, 1.807) is 7.05 Å². The number of nitrogens with zero attached hydrogens (tertiary/aromatic N) is 2. The van der Waals surface area contributed by atoms with Crippen LogP contribution in [0.3, 0.4) is 0 Å². The van der Waals surface area contributed by atoms with Crippen LogP contribution >= 0.6 is 0 Å². The van der Waals surface area contributed by atoms with Gasteiger partial charge in [-0.25, -0.2) is 9.59 Å². The lowest BCUT2D eigenvalue weighted by atomic mass is 10.1. The Morgan fingerprint density at radius 1 is 1.57 bits per heavy atom. The summed E-state index contributed by atoms with van der Waals surface area (Å²) in [6, 6.07) is -2.55. The Morgan fingerprint density at radius 3 is 2.90 bits per heavy atom. The van der Waals surface area contributed by atoms with Gasteiger partial charge in [-0.2, -0.15) is 5.10 Å². The summed E-state index contributed by atoms with van der Waals surface area (Å²) in [5, 5.41) is 20.5. The summed E-state index contributed by atoms with van der Waals surface area (Å²) < 4.78 is 1.44. The molecule has 1 saturated heterocycles.